The summed E-state index contributed by atoms with van der Waals surface area (Å²) in [5, 5.41) is 10.8. The number of fused-ring (bicyclic) bond motifs is 1. The first-order valence-corrected chi connectivity index (χ1v) is 6.39. The van der Waals surface area contributed by atoms with E-state index in [2.05, 4.69) is 28.8 Å². The van der Waals surface area contributed by atoms with E-state index in [0.717, 1.165) is 12.2 Å². The van der Waals surface area contributed by atoms with Crippen molar-refractivity contribution in [3.05, 3.63) is 23.9 Å². The van der Waals surface area contributed by atoms with Gasteiger partial charge < -0.3 is 5.11 Å². The van der Waals surface area contributed by atoms with Crippen molar-refractivity contribution in [1.29, 1.82) is 0 Å². The van der Waals surface area contributed by atoms with Crippen LogP contribution in [0.5, 0.6) is 5.75 Å². The van der Waals surface area contributed by atoms with Gasteiger partial charge in [0.2, 0.25) is 0 Å². The van der Waals surface area contributed by atoms with Crippen molar-refractivity contribution in [1.82, 2.24) is 15.0 Å². The third-order valence-electron chi connectivity index (χ3n) is 3.26. The van der Waals surface area contributed by atoms with Crippen LogP contribution in [0.15, 0.2) is 12.4 Å². The van der Waals surface area contributed by atoms with Gasteiger partial charge in [0.15, 0.2) is 0 Å². The second-order valence-electron chi connectivity index (χ2n) is 4.98. The van der Waals surface area contributed by atoms with E-state index < -0.39 is 0 Å². The summed E-state index contributed by atoms with van der Waals surface area (Å²) in [7, 11) is 0. The Bertz CT molecular complexity index is 566. The largest absolute Gasteiger partial charge is 0.505 e. The van der Waals surface area contributed by atoms with Gasteiger partial charge in [-0.25, -0.2) is 9.97 Å². The molecule has 2 aromatic rings. The average Bonchev–Trinajstić information content (AvgIpc) is 2.37. The first-order chi connectivity index (χ1) is 8.54. The number of nitrogens with zero attached hydrogens (tertiary/aromatic N) is 3. The van der Waals surface area contributed by atoms with Crippen molar-refractivity contribution >= 4 is 10.9 Å². The molecule has 1 unspecified atom stereocenters. The molecule has 2 rings (SSSR count). The third-order valence-corrected chi connectivity index (χ3v) is 3.26. The van der Waals surface area contributed by atoms with E-state index in [-0.39, 0.29) is 11.7 Å². The van der Waals surface area contributed by atoms with Crippen LogP contribution in [-0.2, 0) is 0 Å². The maximum Gasteiger partial charge on any atom is 0.148 e. The van der Waals surface area contributed by atoms with Gasteiger partial charge in [-0.3, -0.25) is 4.98 Å². The molecule has 1 atom stereocenters. The Morgan fingerprint density at radius 2 is 1.89 bits per heavy atom. The van der Waals surface area contributed by atoms with Crippen molar-refractivity contribution in [2.45, 2.75) is 46.0 Å². The van der Waals surface area contributed by atoms with Gasteiger partial charge in [0, 0.05) is 12.1 Å². The number of rotatable bonds is 3. The monoisotopic (exact) mass is 245 g/mol. The molecule has 18 heavy (non-hydrogen) atoms. The third kappa shape index (κ3) is 2.15. The van der Waals surface area contributed by atoms with Crippen LogP contribution in [0.25, 0.3) is 10.9 Å². The Morgan fingerprint density at radius 1 is 1.17 bits per heavy atom. The zero-order valence-electron chi connectivity index (χ0n) is 11.3. The molecule has 0 fully saturated rings. The molecular weight excluding hydrogens is 226 g/mol. The van der Waals surface area contributed by atoms with Gasteiger partial charge in [-0.1, -0.05) is 27.7 Å². The highest BCUT2D eigenvalue weighted by Crippen LogP contribution is 2.30. The quantitative estimate of drug-likeness (QED) is 0.900. The number of pyridine rings is 1. The van der Waals surface area contributed by atoms with Gasteiger partial charge in [0.25, 0.3) is 0 Å². The predicted molar refractivity (Wildman–Crippen MR) is 71.8 cm³/mol. The van der Waals surface area contributed by atoms with E-state index in [4.69, 9.17) is 0 Å². The number of aromatic hydroxyl groups is 1. The highest BCUT2D eigenvalue weighted by molar-refractivity contribution is 5.84. The topological polar surface area (TPSA) is 58.9 Å². The van der Waals surface area contributed by atoms with Crippen LogP contribution >= 0.6 is 0 Å². The van der Waals surface area contributed by atoms with Gasteiger partial charge in [-0.15, -0.1) is 0 Å². The predicted octanol–water partition coefficient (Wildman–Crippen LogP) is 3.37. The molecule has 4 heteroatoms. The van der Waals surface area contributed by atoms with Crippen molar-refractivity contribution in [3.63, 3.8) is 0 Å². The molecule has 0 spiro atoms. The smallest absolute Gasteiger partial charge is 0.148 e. The highest BCUT2D eigenvalue weighted by Gasteiger charge is 2.14. The lowest BCUT2D eigenvalue weighted by Crippen LogP contribution is -2.01. The molecule has 0 aliphatic carbocycles. The molecule has 0 saturated heterocycles. The van der Waals surface area contributed by atoms with Gasteiger partial charge in [-0.2, -0.15) is 0 Å². The van der Waals surface area contributed by atoms with E-state index in [1.54, 1.807) is 12.4 Å². The summed E-state index contributed by atoms with van der Waals surface area (Å²) in [6, 6.07) is 0. The molecule has 0 amide bonds. The summed E-state index contributed by atoms with van der Waals surface area (Å²) in [6.07, 6.45) is 4.42. The number of aromatic nitrogens is 3. The minimum absolute atomic E-state index is 0.184. The molecule has 0 saturated carbocycles. The maximum atomic E-state index is 10.2. The standard InChI is InChI=1S/C14H19N3O/c1-5-9(4)14-16-6-10-11(17-14)7-15-12(8(2)3)13(10)18/h6-9,18H,5H2,1-4H3. The molecule has 2 heterocycles. The van der Waals surface area contributed by atoms with E-state index >= 15 is 0 Å². The number of hydrogen-bond donors (Lipinski definition) is 1. The molecule has 0 aliphatic rings. The Labute approximate surface area is 107 Å². The Morgan fingerprint density at radius 3 is 2.50 bits per heavy atom. The van der Waals surface area contributed by atoms with Crippen molar-refractivity contribution in [2.24, 2.45) is 0 Å². The van der Waals surface area contributed by atoms with Gasteiger partial charge in [0.05, 0.1) is 22.8 Å². The lowest BCUT2D eigenvalue weighted by atomic mass is 10.1. The normalized spacial score (nSPS) is 13.2. The maximum absolute atomic E-state index is 10.2. The molecule has 96 valence electrons. The fraction of sp³-hybridized carbons (Fsp3) is 0.500. The van der Waals surface area contributed by atoms with Crippen LogP contribution in [0.4, 0.5) is 0 Å². The zero-order chi connectivity index (χ0) is 13.3. The molecule has 0 bridgehead atoms. The van der Waals surface area contributed by atoms with Gasteiger partial charge >= 0.3 is 0 Å². The second-order valence-corrected chi connectivity index (χ2v) is 4.98. The van der Waals surface area contributed by atoms with Crippen LogP contribution < -0.4 is 0 Å². The Kier molecular flexibility index (Phi) is 3.45. The first-order valence-electron chi connectivity index (χ1n) is 6.39. The SMILES string of the molecule is CCC(C)c1ncc2c(O)c(C(C)C)ncc2n1. The highest BCUT2D eigenvalue weighted by atomic mass is 16.3. The summed E-state index contributed by atoms with van der Waals surface area (Å²) in [4.78, 5) is 13.1. The second kappa shape index (κ2) is 4.88. The van der Waals surface area contributed by atoms with Crippen LogP contribution in [0.2, 0.25) is 0 Å². The Balaban J connectivity index is 2.57. The summed E-state index contributed by atoms with van der Waals surface area (Å²) >= 11 is 0. The molecule has 0 aromatic carbocycles. The fourth-order valence-electron chi connectivity index (χ4n) is 1.86. The van der Waals surface area contributed by atoms with E-state index in [1.165, 1.54) is 0 Å². The lowest BCUT2D eigenvalue weighted by molar-refractivity contribution is 0.466. The van der Waals surface area contributed by atoms with Crippen LogP contribution in [0.1, 0.15) is 57.5 Å². The molecule has 2 aromatic heterocycles. The molecule has 0 radical (unpaired) electrons. The average molecular weight is 245 g/mol. The van der Waals surface area contributed by atoms with Gasteiger partial charge in [0.1, 0.15) is 11.6 Å². The zero-order valence-corrected chi connectivity index (χ0v) is 11.3. The van der Waals surface area contributed by atoms with Crippen molar-refractivity contribution < 1.29 is 5.11 Å². The van der Waals surface area contributed by atoms with Crippen molar-refractivity contribution in [2.75, 3.05) is 0 Å². The van der Waals surface area contributed by atoms with E-state index in [1.807, 2.05) is 13.8 Å². The lowest BCUT2D eigenvalue weighted by Gasteiger charge is -2.11. The summed E-state index contributed by atoms with van der Waals surface area (Å²) in [5.41, 5.74) is 1.41. The minimum atomic E-state index is 0.184. The fourth-order valence-corrected chi connectivity index (χ4v) is 1.86. The van der Waals surface area contributed by atoms with Crippen LogP contribution in [0.3, 0.4) is 0 Å². The molecule has 0 aliphatic heterocycles. The summed E-state index contributed by atoms with van der Waals surface area (Å²) in [5.74, 6) is 1.52. The molecular formula is C14H19N3O. The minimum Gasteiger partial charge on any atom is -0.505 e. The molecule has 1 N–H and O–H groups in total. The van der Waals surface area contributed by atoms with E-state index in [0.29, 0.717) is 22.5 Å². The first kappa shape index (κ1) is 12.7. The van der Waals surface area contributed by atoms with Gasteiger partial charge in [-0.05, 0) is 12.3 Å². The Hall–Kier alpha value is -1.71. The summed E-state index contributed by atoms with van der Waals surface area (Å²) < 4.78 is 0. The molecule has 4 nitrogen and oxygen atoms in total. The van der Waals surface area contributed by atoms with Crippen molar-refractivity contribution in [3.8, 4) is 5.75 Å². The number of hydrogen-bond acceptors (Lipinski definition) is 4. The van der Waals surface area contributed by atoms with Crippen LogP contribution in [0, 0.1) is 0 Å². The van der Waals surface area contributed by atoms with E-state index in [9.17, 15) is 5.11 Å². The van der Waals surface area contributed by atoms with Crippen LogP contribution in [-0.4, -0.2) is 20.1 Å². The summed E-state index contributed by atoms with van der Waals surface area (Å²) in [6.45, 7) is 8.21.